The topological polar surface area (TPSA) is 38.3 Å². The number of benzene rings is 1. The highest BCUT2D eigenvalue weighted by molar-refractivity contribution is 9.10. The average Bonchev–Trinajstić information content (AvgIpc) is 2.88. The fourth-order valence-electron chi connectivity index (χ4n) is 1.60. The highest BCUT2D eigenvalue weighted by atomic mass is 79.9. The number of thiophene rings is 1. The van der Waals surface area contributed by atoms with Crippen LogP contribution in [0.5, 0.6) is 5.75 Å². The molecule has 2 aromatic rings. The summed E-state index contributed by atoms with van der Waals surface area (Å²) in [6, 6.07) is 4.67. The van der Waals surface area contributed by atoms with Crippen LogP contribution in [0, 0.1) is 0 Å². The molecule has 8 heteroatoms. The number of ether oxygens (including phenoxy) is 1. The van der Waals surface area contributed by atoms with Crippen molar-refractivity contribution in [3.05, 3.63) is 44.6 Å². The predicted molar refractivity (Wildman–Crippen MR) is 78.0 cm³/mol. The average molecular weight is 380 g/mol. The molecule has 0 spiro atoms. The maximum absolute atomic E-state index is 12.7. The van der Waals surface area contributed by atoms with Gasteiger partial charge >= 0.3 is 6.18 Å². The fraction of sp³-hybridized carbons (Fsp3) is 0.154. The monoisotopic (exact) mass is 379 g/mol. The second kappa shape index (κ2) is 6.07. The van der Waals surface area contributed by atoms with Crippen LogP contribution in [0.4, 0.5) is 18.9 Å². The number of carbonyl (C=O) groups excluding carboxylic acids is 1. The molecule has 21 heavy (non-hydrogen) atoms. The van der Waals surface area contributed by atoms with E-state index in [0.29, 0.717) is 15.1 Å². The third kappa shape index (κ3) is 3.56. The number of methoxy groups -OCH3 is 1. The minimum Gasteiger partial charge on any atom is -0.495 e. The molecular formula is C13H9BrF3NO2S. The summed E-state index contributed by atoms with van der Waals surface area (Å²) in [5.41, 5.74) is -0.788. The molecule has 0 saturated heterocycles. The Hall–Kier alpha value is -1.54. The molecule has 3 nitrogen and oxygen atoms in total. The van der Waals surface area contributed by atoms with E-state index >= 15 is 0 Å². The Morgan fingerprint density at radius 1 is 1.33 bits per heavy atom. The van der Waals surface area contributed by atoms with Crippen LogP contribution in [-0.2, 0) is 6.18 Å². The van der Waals surface area contributed by atoms with Gasteiger partial charge in [-0.3, -0.25) is 4.79 Å². The smallest absolute Gasteiger partial charge is 0.416 e. The summed E-state index contributed by atoms with van der Waals surface area (Å²) in [7, 11) is 1.42. The fourth-order valence-corrected chi connectivity index (χ4v) is 2.70. The quantitative estimate of drug-likeness (QED) is 0.832. The van der Waals surface area contributed by atoms with Gasteiger partial charge in [0, 0.05) is 4.47 Å². The van der Waals surface area contributed by atoms with E-state index in [2.05, 4.69) is 21.2 Å². The van der Waals surface area contributed by atoms with Gasteiger partial charge in [0.2, 0.25) is 0 Å². The Balaban J connectivity index is 2.29. The Morgan fingerprint density at radius 3 is 2.67 bits per heavy atom. The highest BCUT2D eigenvalue weighted by Crippen LogP contribution is 2.34. The van der Waals surface area contributed by atoms with E-state index in [9.17, 15) is 18.0 Å². The first-order valence-electron chi connectivity index (χ1n) is 5.62. The van der Waals surface area contributed by atoms with Gasteiger partial charge in [-0.1, -0.05) is 0 Å². The molecular weight excluding hydrogens is 371 g/mol. The lowest BCUT2D eigenvalue weighted by Crippen LogP contribution is -2.13. The van der Waals surface area contributed by atoms with Gasteiger partial charge < -0.3 is 10.1 Å². The summed E-state index contributed by atoms with van der Waals surface area (Å²) in [6.45, 7) is 0. The maximum Gasteiger partial charge on any atom is 0.416 e. The normalized spacial score (nSPS) is 11.3. The van der Waals surface area contributed by atoms with Crippen molar-refractivity contribution in [3.8, 4) is 5.75 Å². The van der Waals surface area contributed by atoms with E-state index in [0.717, 1.165) is 23.5 Å². The molecule has 0 aliphatic carbocycles. The lowest BCUT2D eigenvalue weighted by atomic mass is 10.2. The standard InChI is InChI=1S/C13H9BrF3NO2S/c1-20-10-4-5-21-11(10)12(19)18-9-6-7(13(15,16)17)2-3-8(9)14/h2-6H,1H3,(H,18,19). The molecule has 0 fully saturated rings. The Morgan fingerprint density at radius 2 is 2.05 bits per heavy atom. The molecule has 1 aromatic heterocycles. The molecule has 0 saturated carbocycles. The van der Waals surface area contributed by atoms with Crippen LogP contribution in [0.15, 0.2) is 34.1 Å². The van der Waals surface area contributed by atoms with E-state index < -0.39 is 17.6 Å². The number of halogens is 4. The molecule has 1 heterocycles. The van der Waals surface area contributed by atoms with E-state index in [1.54, 1.807) is 11.4 Å². The first-order valence-corrected chi connectivity index (χ1v) is 7.29. The maximum atomic E-state index is 12.7. The first kappa shape index (κ1) is 15.8. The number of nitrogens with one attached hydrogen (secondary N) is 1. The lowest BCUT2D eigenvalue weighted by molar-refractivity contribution is -0.137. The van der Waals surface area contributed by atoms with Gasteiger partial charge in [-0.2, -0.15) is 13.2 Å². The number of amides is 1. The minimum absolute atomic E-state index is 0.0466. The van der Waals surface area contributed by atoms with Gasteiger partial charge in [-0.25, -0.2) is 0 Å². The van der Waals surface area contributed by atoms with Gasteiger partial charge in [-0.15, -0.1) is 11.3 Å². The molecule has 1 N–H and O–H groups in total. The number of anilines is 1. The number of hydrogen-bond donors (Lipinski definition) is 1. The van der Waals surface area contributed by atoms with Crippen molar-refractivity contribution in [1.29, 1.82) is 0 Å². The van der Waals surface area contributed by atoms with Crippen LogP contribution in [0.2, 0.25) is 0 Å². The van der Waals surface area contributed by atoms with Crippen molar-refractivity contribution >= 4 is 38.9 Å². The zero-order valence-electron chi connectivity index (χ0n) is 10.6. The third-order valence-electron chi connectivity index (χ3n) is 2.60. The van der Waals surface area contributed by atoms with E-state index in [4.69, 9.17) is 4.74 Å². The van der Waals surface area contributed by atoms with Crippen LogP contribution < -0.4 is 10.1 Å². The van der Waals surface area contributed by atoms with Crippen molar-refractivity contribution in [3.63, 3.8) is 0 Å². The van der Waals surface area contributed by atoms with Crippen molar-refractivity contribution in [2.75, 3.05) is 12.4 Å². The predicted octanol–water partition coefficient (Wildman–Crippen LogP) is 4.79. The van der Waals surface area contributed by atoms with Crippen molar-refractivity contribution in [2.45, 2.75) is 6.18 Å². The van der Waals surface area contributed by atoms with Crippen LogP contribution >= 0.6 is 27.3 Å². The molecule has 0 aliphatic rings. The van der Waals surface area contributed by atoms with Crippen molar-refractivity contribution < 1.29 is 22.7 Å². The van der Waals surface area contributed by atoms with E-state index in [1.165, 1.54) is 13.2 Å². The minimum atomic E-state index is -4.47. The Kier molecular flexibility index (Phi) is 4.58. The second-order valence-corrected chi connectivity index (χ2v) is 5.74. The number of alkyl halides is 3. The number of rotatable bonds is 3. The summed E-state index contributed by atoms with van der Waals surface area (Å²) >= 11 is 4.26. The summed E-state index contributed by atoms with van der Waals surface area (Å²) in [6.07, 6.45) is -4.47. The summed E-state index contributed by atoms with van der Waals surface area (Å²) in [5.74, 6) is -0.150. The molecule has 112 valence electrons. The largest absolute Gasteiger partial charge is 0.495 e. The molecule has 2 rings (SSSR count). The van der Waals surface area contributed by atoms with E-state index in [-0.39, 0.29) is 5.69 Å². The summed E-state index contributed by atoms with van der Waals surface area (Å²) in [4.78, 5) is 12.4. The van der Waals surface area contributed by atoms with Crippen molar-refractivity contribution in [2.24, 2.45) is 0 Å². The molecule has 0 aliphatic heterocycles. The Bertz CT molecular complexity index is 670. The second-order valence-electron chi connectivity index (χ2n) is 3.96. The number of carbonyl (C=O) groups is 1. The summed E-state index contributed by atoms with van der Waals surface area (Å²) in [5, 5.41) is 4.11. The van der Waals surface area contributed by atoms with Gasteiger partial charge in [0.1, 0.15) is 10.6 Å². The van der Waals surface area contributed by atoms with Crippen LogP contribution in [0.3, 0.4) is 0 Å². The molecule has 1 amide bonds. The zero-order chi connectivity index (χ0) is 15.6. The van der Waals surface area contributed by atoms with E-state index in [1.807, 2.05) is 0 Å². The van der Waals surface area contributed by atoms with Gasteiger partial charge in [-0.05, 0) is 45.6 Å². The van der Waals surface area contributed by atoms with Crippen LogP contribution in [-0.4, -0.2) is 13.0 Å². The molecule has 0 atom stereocenters. The summed E-state index contributed by atoms with van der Waals surface area (Å²) < 4.78 is 43.4. The van der Waals surface area contributed by atoms with Crippen molar-refractivity contribution in [1.82, 2.24) is 0 Å². The SMILES string of the molecule is COc1ccsc1C(=O)Nc1cc(C(F)(F)F)ccc1Br. The molecule has 0 bridgehead atoms. The zero-order valence-corrected chi connectivity index (χ0v) is 13.0. The lowest BCUT2D eigenvalue weighted by Gasteiger charge is -2.11. The third-order valence-corrected chi connectivity index (χ3v) is 4.18. The number of hydrogen-bond acceptors (Lipinski definition) is 3. The first-order chi connectivity index (χ1) is 9.82. The van der Waals surface area contributed by atoms with Crippen LogP contribution in [0.25, 0.3) is 0 Å². The van der Waals surface area contributed by atoms with Gasteiger partial charge in [0.25, 0.3) is 5.91 Å². The molecule has 0 unspecified atom stereocenters. The van der Waals surface area contributed by atoms with Crippen LogP contribution in [0.1, 0.15) is 15.2 Å². The van der Waals surface area contributed by atoms with Gasteiger partial charge in [0.05, 0.1) is 18.4 Å². The highest BCUT2D eigenvalue weighted by Gasteiger charge is 2.31. The molecule has 0 radical (unpaired) electrons. The Labute approximate surface area is 130 Å². The van der Waals surface area contributed by atoms with Gasteiger partial charge in [0.15, 0.2) is 0 Å². The molecule has 1 aromatic carbocycles.